The summed E-state index contributed by atoms with van der Waals surface area (Å²) in [5, 5.41) is 4.88. The van der Waals surface area contributed by atoms with Gasteiger partial charge >= 0.3 is 0 Å². The fraction of sp³-hybridized carbons (Fsp3) is 0. The lowest BCUT2D eigenvalue weighted by Crippen LogP contribution is -1.71. The summed E-state index contributed by atoms with van der Waals surface area (Å²) in [5.74, 6) is 0. The molecule has 1 heterocycles. The molecule has 0 saturated carbocycles. The highest BCUT2D eigenvalue weighted by Gasteiger charge is 2.04. The molecule has 3 rings (SSSR count). The van der Waals surface area contributed by atoms with Crippen LogP contribution in [0.4, 0.5) is 0 Å². The molecule has 0 spiro atoms. The molecule has 1 aromatic heterocycles. The number of fused-ring (bicyclic) bond motifs is 1. The van der Waals surface area contributed by atoms with E-state index >= 15 is 0 Å². The molecule has 0 aliphatic heterocycles. The van der Waals surface area contributed by atoms with Crippen LogP contribution < -0.4 is 0 Å². The van der Waals surface area contributed by atoms with Crippen LogP contribution in [0.2, 0.25) is 0 Å². The number of rotatable bonds is 1. The van der Waals surface area contributed by atoms with Crippen LogP contribution in [0.15, 0.2) is 53.9 Å². The Kier molecular flexibility index (Phi) is 2.04. The van der Waals surface area contributed by atoms with Gasteiger partial charge in [-0.1, -0.05) is 48.5 Å². The molecule has 0 atom stereocenters. The monoisotopic (exact) mass is 209 g/mol. The quantitative estimate of drug-likeness (QED) is 0.558. The van der Waals surface area contributed by atoms with E-state index in [2.05, 4.69) is 47.8 Å². The third kappa shape index (κ3) is 1.45. The molecule has 0 fully saturated rings. The van der Waals surface area contributed by atoms with Gasteiger partial charge in [-0.05, 0) is 22.4 Å². The maximum atomic E-state index is 3.05. The summed E-state index contributed by atoms with van der Waals surface area (Å²) in [6.07, 6.45) is 0. The Balaban J connectivity index is 2.28. The predicted octanol–water partition coefficient (Wildman–Crippen LogP) is 4.37. The van der Waals surface area contributed by atoms with Gasteiger partial charge in [0, 0.05) is 10.3 Å². The van der Waals surface area contributed by atoms with Gasteiger partial charge in [0.15, 0.2) is 0 Å². The largest absolute Gasteiger partial charge is 0.143 e. The second-order valence-electron chi connectivity index (χ2n) is 3.44. The molecule has 2 aromatic carbocycles. The molecule has 1 radical (unpaired) electrons. The lowest BCUT2D eigenvalue weighted by Gasteiger charge is -1.97. The Morgan fingerprint density at radius 2 is 1.73 bits per heavy atom. The molecule has 0 saturated heterocycles. The van der Waals surface area contributed by atoms with E-state index in [1.807, 2.05) is 12.1 Å². The molecule has 0 amide bonds. The van der Waals surface area contributed by atoms with E-state index in [9.17, 15) is 0 Å². The molecule has 71 valence electrons. The summed E-state index contributed by atoms with van der Waals surface area (Å²) in [7, 11) is 0. The van der Waals surface area contributed by atoms with Gasteiger partial charge in [-0.3, -0.25) is 0 Å². The Bertz CT molecular complexity index is 578. The van der Waals surface area contributed by atoms with Gasteiger partial charge in [0.1, 0.15) is 0 Å². The highest BCUT2D eigenvalue weighted by molar-refractivity contribution is 7.15. The summed E-state index contributed by atoms with van der Waals surface area (Å²) < 4.78 is 0. The van der Waals surface area contributed by atoms with Gasteiger partial charge in [0.05, 0.1) is 0 Å². The predicted molar refractivity (Wildman–Crippen MR) is 66.1 cm³/mol. The fourth-order valence-corrected chi connectivity index (χ4v) is 2.79. The third-order valence-corrected chi connectivity index (χ3v) is 3.55. The zero-order chi connectivity index (χ0) is 10.1. The maximum absolute atomic E-state index is 3.05. The van der Waals surface area contributed by atoms with Crippen molar-refractivity contribution in [1.29, 1.82) is 0 Å². The third-order valence-electron chi connectivity index (χ3n) is 2.49. The minimum absolute atomic E-state index is 1.28. The molecular weight excluding hydrogens is 200 g/mol. The molecular formula is C14H9S. The van der Waals surface area contributed by atoms with Crippen LogP contribution in [0.3, 0.4) is 0 Å². The second-order valence-corrected chi connectivity index (χ2v) is 4.32. The van der Waals surface area contributed by atoms with Crippen LogP contribution in [-0.4, -0.2) is 0 Å². The van der Waals surface area contributed by atoms with Crippen molar-refractivity contribution in [2.75, 3.05) is 0 Å². The van der Waals surface area contributed by atoms with Crippen molar-refractivity contribution in [3.8, 4) is 10.4 Å². The van der Waals surface area contributed by atoms with Crippen LogP contribution in [0.25, 0.3) is 21.2 Å². The zero-order valence-electron chi connectivity index (χ0n) is 8.10. The van der Waals surface area contributed by atoms with E-state index in [4.69, 9.17) is 0 Å². The molecule has 0 N–H and O–H groups in total. The Hall–Kier alpha value is -1.60. The van der Waals surface area contributed by atoms with E-state index in [0.29, 0.717) is 0 Å². The van der Waals surface area contributed by atoms with Gasteiger partial charge < -0.3 is 0 Å². The lowest BCUT2D eigenvalue weighted by molar-refractivity contribution is 1.69. The minimum atomic E-state index is 1.28. The van der Waals surface area contributed by atoms with Crippen LogP contribution in [0.5, 0.6) is 0 Å². The number of hydrogen-bond donors (Lipinski definition) is 0. The Morgan fingerprint density at radius 3 is 2.60 bits per heavy atom. The first-order valence-corrected chi connectivity index (χ1v) is 5.76. The standard InChI is InChI=1S/C14H9S/c1-2-6-11(7-3-1)14-13-9-5-4-8-12(13)10-15-14/h2-10H. The van der Waals surface area contributed by atoms with Crippen LogP contribution in [-0.2, 0) is 0 Å². The maximum Gasteiger partial charge on any atom is 0.0421 e. The SMILES string of the molecule is [c]1ccc(-c2scc3ccccc23)cc1. The molecule has 1 heteroatoms. The first kappa shape index (κ1) is 8.69. The lowest BCUT2D eigenvalue weighted by atomic mass is 10.1. The van der Waals surface area contributed by atoms with Crippen LogP contribution >= 0.6 is 11.3 Å². The Morgan fingerprint density at radius 1 is 0.933 bits per heavy atom. The molecule has 0 aliphatic carbocycles. The molecule has 0 unspecified atom stereocenters. The molecule has 3 aromatic rings. The van der Waals surface area contributed by atoms with Gasteiger partial charge in [-0.25, -0.2) is 0 Å². The summed E-state index contributed by atoms with van der Waals surface area (Å²) in [4.78, 5) is 1.35. The molecule has 15 heavy (non-hydrogen) atoms. The van der Waals surface area contributed by atoms with Crippen molar-refractivity contribution < 1.29 is 0 Å². The highest BCUT2D eigenvalue weighted by atomic mass is 32.1. The summed E-state index contributed by atoms with van der Waals surface area (Å²) in [6.45, 7) is 0. The van der Waals surface area contributed by atoms with Gasteiger partial charge in [0.2, 0.25) is 0 Å². The van der Waals surface area contributed by atoms with Gasteiger partial charge in [0.25, 0.3) is 0 Å². The Labute approximate surface area is 92.8 Å². The van der Waals surface area contributed by atoms with Crippen molar-refractivity contribution in [3.05, 3.63) is 60.0 Å². The van der Waals surface area contributed by atoms with E-state index in [1.54, 1.807) is 11.3 Å². The average molecular weight is 209 g/mol. The zero-order valence-corrected chi connectivity index (χ0v) is 8.92. The second kappa shape index (κ2) is 3.52. The molecule has 0 aliphatic rings. The highest BCUT2D eigenvalue weighted by Crippen LogP contribution is 2.34. The van der Waals surface area contributed by atoms with Crippen LogP contribution in [0, 0.1) is 6.07 Å². The van der Waals surface area contributed by atoms with E-state index in [-0.39, 0.29) is 0 Å². The number of hydrogen-bond acceptors (Lipinski definition) is 1. The molecule has 0 bridgehead atoms. The average Bonchev–Trinajstić information content (AvgIpc) is 2.74. The van der Waals surface area contributed by atoms with E-state index in [0.717, 1.165) is 0 Å². The van der Waals surface area contributed by atoms with Crippen molar-refractivity contribution in [2.45, 2.75) is 0 Å². The van der Waals surface area contributed by atoms with Gasteiger partial charge in [-0.15, -0.1) is 11.3 Å². The summed E-state index contributed by atoms with van der Waals surface area (Å²) in [5.41, 5.74) is 1.28. The van der Waals surface area contributed by atoms with E-state index < -0.39 is 0 Å². The summed E-state index contributed by atoms with van der Waals surface area (Å²) in [6, 6.07) is 19.7. The van der Waals surface area contributed by atoms with Crippen molar-refractivity contribution >= 4 is 22.1 Å². The normalized spacial score (nSPS) is 10.7. The first-order chi connectivity index (χ1) is 7.45. The van der Waals surface area contributed by atoms with Crippen LogP contribution in [0.1, 0.15) is 0 Å². The number of thiophene rings is 1. The van der Waals surface area contributed by atoms with Gasteiger partial charge in [-0.2, -0.15) is 0 Å². The minimum Gasteiger partial charge on any atom is -0.143 e. The smallest absolute Gasteiger partial charge is 0.0421 e. The van der Waals surface area contributed by atoms with Crippen molar-refractivity contribution in [3.63, 3.8) is 0 Å². The first-order valence-electron chi connectivity index (χ1n) is 4.88. The van der Waals surface area contributed by atoms with Crippen molar-refractivity contribution in [2.24, 2.45) is 0 Å². The van der Waals surface area contributed by atoms with Crippen molar-refractivity contribution in [1.82, 2.24) is 0 Å². The topological polar surface area (TPSA) is 0 Å². The fourth-order valence-electron chi connectivity index (χ4n) is 1.75. The molecule has 0 nitrogen and oxygen atoms in total. The van der Waals surface area contributed by atoms with E-state index in [1.165, 1.54) is 21.2 Å². The summed E-state index contributed by atoms with van der Waals surface area (Å²) >= 11 is 1.80. The number of benzene rings is 2.